The summed E-state index contributed by atoms with van der Waals surface area (Å²) in [6.07, 6.45) is 0. The van der Waals surface area contributed by atoms with Crippen LogP contribution in [0.15, 0.2) is 0 Å². The van der Waals surface area contributed by atoms with Gasteiger partial charge in [-0.25, -0.2) is 0 Å². The summed E-state index contributed by atoms with van der Waals surface area (Å²) in [6, 6.07) is 0. The van der Waals surface area contributed by atoms with E-state index in [-0.39, 0.29) is 29.3 Å². The Morgan fingerprint density at radius 1 is 0.900 bits per heavy atom. The van der Waals surface area contributed by atoms with Gasteiger partial charge in [0.2, 0.25) is 0 Å². The Hall–Kier alpha value is 0.400. The standard InChI is InChI=1S/C7H16.BrH.2H3N/c1-6(2)7(3,4)5;;;/h6H,1-5H3;1H;2*1H3. The molecule has 0 radical (unpaired) electrons. The van der Waals surface area contributed by atoms with Gasteiger partial charge in [-0.05, 0) is 11.3 Å². The van der Waals surface area contributed by atoms with Gasteiger partial charge in [0.1, 0.15) is 0 Å². The van der Waals surface area contributed by atoms with E-state index in [4.69, 9.17) is 0 Å². The summed E-state index contributed by atoms with van der Waals surface area (Å²) in [5.74, 6) is 0.799. The molecule has 0 rings (SSSR count). The van der Waals surface area contributed by atoms with Crippen molar-refractivity contribution in [3.8, 4) is 0 Å². The third-order valence-corrected chi connectivity index (χ3v) is 1.73. The van der Waals surface area contributed by atoms with Crippen LogP contribution in [0.2, 0.25) is 0 Å². The van der Waals surface area contributed by atoms with Crippen molar-refractivity contribution in [1.82, 2.24) is 12.3 Å². The third kappa shape index (κ3) is 11.2. The Bertz CT molecular complexity index is 57.1. The lowest BCUT2D eigenvalue weighted by atomic mass is 9.84. The maximum atomic E-state index is 2.26. The van der Waals surface area contributed by atoms with Crippen molar-refractivity contribution in [3.63, 3.8) is 0 Å². The molecule has 0 fully saturated rings. The summed E-state index contributed by atoms with van der Waals surface area (Å²) in [6.45, 7) is 11.3. The van der Waals surface area contributed by atoms with E-state index in [0.717, 1.165) is 5.92 Å². The molecule has 6 N–H and O–H groups in total. The van der Waals surface area contributed by atoms with E-state index in [1.54, 1.807) is 0 Å². The molecule has 0 unspecified atom stereocenters. The second-order valence-corrected chi connectivity index (χ2v) is 3.52. The molecule has 0 aromatic rings. The number of rotatable bonds is 0. The van der Waals surface area contributed by atoms with Crippen molar-refractivity contribution in [2.75, 3.05) is 0 Å². The molecular formula is C7H23BrN2. The quantitative estimate of drug-likeness (QED) is 0.648. The zero-order valence-electron chi connectivity index (χ0n) is 7.90. The SMILES string of the molecule is Br.CC(C)C(C)(C)C.N.N. The molecular weight excluding hydrogens is 192 g/mol. The van der Waals surface area contributed by atoms with Crippen molar-refractivity contribution in [1.29, 1.82) is 0 Å². The molecule has 0 amide bonds. The van der Waals surface area contributed by atoms with Crippen LogP contribution in [0.4, 0.5) is 0 Å². The van der Waals surface area contributed by atoms with E-state index >= 15 is 0 Å². The highest BCUT2D eigenvalue weighted by Gasteiger charge is 2.13. The van der Waals surface area contributed by atoms with Crippen molar-refractivity contribution >= 4 is 17.0 Å². The minimum Gasteiger partial charge on any atom is -0.344 e. The fourth-order valence-corrected chi connectivity index (χ4v) is 0. The zero-order valence-corrected chi connectivity index (χ0v) is 9.61. The second-order valence-electron chi connectivity index (χ2n) is 3.52. The van der Waals surface area contributed by atoms with Crippen LogP contribution in [0, 0.1) is 11.3 Å². The first-order valence-electron chi connectivity index (χ1n) is 2.94. The van der Waals surface area contributed by atoms with Gasteiger partial charge in [-0.1, -0.05) is 34.6 Å². The van der Waals surface area contributed by atoms with Crippen LogP contribution in [0.25, 0.3) is 0 Å². The lowest BCUT2D eigenvalue weighted by molar-refractivity contribution is 0.283. The molecule has 0 spiro atoms. The highest BCUT2D eigenvalue weighted by Crippen LogP contribution is 2.23. The predicted octanol–water partition coefficient (Wildman–Crippen LogP) is 3.59. The predicted molar refractivity (Wildman–Crippen MR) is 54.7 cm³/mol. The van der Waals surface area contributed by atoms with Gasteiger partial charge in [0.05, 0.1) is 0 Å². The molecule has 0 aliphatic heterocycles. The Kier molecular flexibility index (Phi) is 16.8. The van der Waals surface area contributed by atoms with E-state index in [0.29, 0.717) is 5.41 Å². The molecule has 0 aromatic carbocycles. The van der Waals surface area contributed by atoms with Gasteiger partial charge in [0, 0.05) is 0 Å². The van der Waals surface area contributed by atoms with Gasteiger partial charge in [-0.15, -0.1) is 17.0 Å². The van der Waals surface area contributed by atoms with E-state index in [1.807, 2.05) is 0 Å². The van der Waals surface area contributed by atoms with E-state index in [1.165, 1.54) is 0 Å². The molecule has 0 aliphatic rings. The van der Waals surface area contributed by atoms with Gasteiger partial charge in [-0.2, -0.15) is 0 Å². The van der Waals surface area contributed by atoms with E-state index in [9.17, 15) is 0 Å². The number of halogens is 1. The molecule has 0 heterocycles. The van der Waals surface area contributed by atoms with Crippen molar-refractivity contribution in [3.05, 3.63) is 0 Å². The lowest BCUT2D eigenvalue weighted by Crippen LogP contribution is -2.12. The molecule has 2 nitrogen and oxygen atoms in total. The molecule has 68 valence electrons. The first-order valence-corrected chi connectivity index (χ1v) is 2.94. The zero-order chi connectivity index (χ0) is 6.08. The Morgan fingerprint density at radius 3 is 1.00 bits per heavy atom. The summed E-state index contributed by atoms with van der Waals surface area (Å²) >= 11 is 0. The fraction of sp³-hybridized carbons (Fsp3) is 1.00. The molecule has 0 bridgehead atoms. The fourth-order valence-electron chi connectivity index (χ4n) is 0. The normalized spacial score (nSPS) is 9.00. The van der Waals surface area contributed by atoms with E-state index in [2.05, 4.69) is 34.6 Å². The van der Waals surface area contributed by atoms with Gasteiger partial charge >= 0.3 is 0 Å². The second kappa shape index (κ2) is 7.51. The van der Waals surface area contributed by atoms with Gasteiger partial charge in [0.25, 0.3) is 0 Å². The highest BCUT2D eigenvalue weighted by atomic mass is 79.9. The highest BCUT2D eigenvalue weighted by molar-refractivity contribution is 8.93. The van der Waals surface area contributed by atoms with Crippen LogP contribution in [0.1, 0.15) is 34.6 Å². The van der Waals surface area contributed by atoms with Crippen LogP contribution in [-0.4, -0.2) is 0 Å². The van der Waals surface area contributed by atoms with Crippen molar-refractivity contribution in [2.24, 2.45) is 11.3 Å². The molecule has 3 heteroatoms. The van der Waals surface area contributed by atoms with Crippen LogP contribution in [0.5, 0.6) is 0 Å². The van der Waals surface area contributed by atoms with Crippen LogP contribution >= 0.6 is 17.0 Å². The van der Waals surface area contributed by atoms with Gasteiger partial charge in [0.15, 0.2) is 0 Å². The van der Waals surface area contributed by atoms with Crippen molar-refractivity contribution < 1.29 is 0 Å². The summed E-state index contributed by atoms with van der Waals surface area (Å²) in [5.41, 5.74) is 0.500. The minimum atomic E-state index is 0. The van der Waals surface area contributed by atoms with Crippen LogP contribution < -0.4 is 12.3 Å². The summed E-state index contributed by atoms with van der Waals surface area (Å²) in [5, 5.41) is 0. The third-order valence-electron chi connectivity index (χ3n) is 1.73. The molecule has 0 saturated carbocycles. The van der Waals surface area contributed by atoms with Crippen LogP contribution in [0.3, 0.4) is 0 Å². The van der Waals surface area contributed by atoms with Crippen LogP contribution in [-0.2, 0) is 0 Å². The average Bonchev–Trinajstić information content (AvgIpc) is 1.31. The smallest absolute Gasteiger partial charge is 0.0360 e. The monoisotopic (exact) mass is 214 g/mol. The summed E-state index contributed by atoms with van der Waals surface area (Å²) in [7, 11) is 0. The Labute approximate surface area is 75.7 Å². The Balaban J connectivity index is -0.0000000600. The summed E-state index contributed by atoms with van der Waals surface area (Å²) < 4.78 is 0. The molecule has 0 aromatic heterocycles. The lowest BCUT2D eigenvalue weighted by Gasteiger charge is -2.22. The number of hydrogen-bond donors (Lipinski definition) is 2. The molecule has 0 aliphatic carbocycles. The topological polar surface area (TPSA) is 70.0 Å². The minimum absolute atomic E-state index is 0. The van der Waals surface area contributed by atoms with E-state index < -0.39 is 0 Å². The first kappa shape index (κ1) is 22.4. The van der Waals surface area contributed by atoms with Gasteiger partial charge < -0.3 is 12.3 Å². The number of hydrogen-bond acceptors (Lipinski definition) is 2. The Morgan fingerprint density at radius 2 is 1.00 bits per heavy atom. The maximum absolute atomic E-state index is 2.26. The summed E-state index contributed by atoms with van der Waals surface area (Å²) in [4.78, 5) is 0. The molecule has 10 heavy (non-hydrogen) atoms. The van der Waals surface area contributed by atoms with Gasteiger partial charge in [-0.3, -0.25) is 0 Å². The first-order chi connectivity index (χ1) is 2.94. The van der Waals surface area contributed by atoms with Crippen molar-refractivity contribution in [2.45, 2.75) is 34.6 Å². The largest absolute Gasteiger partial charge is 0.344 e. The maximum Gasteiger partial charge on any atom is -0.0360 e. The average molecular weight is 215 g/mol. The molecule has 0 saturated heterocycles. The molecule has 0 atom stereocenters.